The Morgan fingerprint density at radius 2 is 2.26 bits per heavy atom. The third-order valence-electron chi connectivity index (χ3n) is 4.01. The van der Waals surface area contributed by atoms with Gasteiger partial charge in [-0.25, -0.2) is 0 Å². The number of hydrogen-bond donors (Lipinski definition) is 2. The van der Waals surface area contributed by atoms with E-state index >= 15 is 0 Å². The molecule has 1 fully saturated rings. The fraction of sp³-hybridized carbons (Fsp3) is 0.667. The van der Waals surface area contributed by atoms with Crippen molar-refractivity contribution >= 4 is 5.69 Å². The van der Waals surface area contributed by atoms with Crippen LogP contribution in [0, 0.1) is 0 Å². The molecule has 0 aromatic carbocycles. The van der Waals surface area contributed by atoms with Crippen LogP contribution in [0.2, 0.25) is 0 Å². The molecule has 2 rings (SSSR count). The lowest BCUT2D eigenvalue weighted by Crippen LogP contribution is -2.37. The van der Waals surface area contributed by atoms with Gasteiger partial charge in [-0.2, -0.15) is 0 Å². The highest BCUT2D eigenvalue weighted by molar-refractivity contribution is 5.46. The lowest BCUT2D eigenvalue weighted by Gasteiger charge is -2.30. The molecule has 0 radical (unpaired) electrons. The van der Waals surface area contributed by atoms with Gasteiger partial charge in [0.25, 0.3) is 0 Å². The van der Waals surface area contributed by atoms with Crippen LogP contribution in [0.5, 0.6) is 0 Å². The van der Waals surface area contributed by atoms with Gasteiger partial charge >= 0.3 is 0 Å². The zero-order valence-electron chi connectivity index (χ0n) is 11.8. The maximum absolute atomic E-state index is 9.55. The van der Waals surface area contributed by atoms with Crippen LogP contribution in [0.1, 0.15) is 50.8 Å². The van der Waals surface area contributed by atoms with Gasteiger partial charge in [0.1, 0.15) is 0 Å². The van der Waals surface area contributed by atoms with Crippen LogP contribution in [-0.2, 0) is 0 Å². The van der Waals surface area contributed by atoms with Crippen molar-refractivity contribution in [1.82, 2.24) is 4.98 Å². The zero-order valence-corrected chi connectivity index (χ0v) is 11.8. The summed E-state index contributed by atoms with van der Waals surface area (Å²) in [4.78, 5) is 6.77. The number of hydrogen-bond acceptors (Lipinski definition) is 4. The topological polar surface area (TPSA) is 62.4 Å². The molecule has 1 aromatic heterocycles. The zero-order chi connectivity index (χ0) is 13.7. The summed E-state index contributed by atoms with van der Waals surface area (Å²) >= 11 is 0. The van der Waals surface area contributed by atoms with Crippen molar-refractivity contribution in [3.05, 3.63) is 24.0 Å². The smallest absolute Gasteiger partial charge is 0.0635 e. The molecular weight excluding hydrogens is 238 g/mol. The van der Waals surface area contributed by atoms with E-state index in [1.54, 1.807) is 0 Å². The van der Waals surface area contributed by atoms with Crippen molar-refractivity contribution in [3.63, 3.8) is 0 Å². The number of pyridine rings is 1. The summed E-state index contributed by atoms with van der Waals surface area (Å²) in [7, 11) is 0. The summed E-state index contributed by atoms with van der Waals surface area (Å²) < 4.78 is 0. The molecule has 4 nitrogen and oxygen atoms in total. The molecule has 0 saturated carbocycles. The molecule has 0 spiro atoms. The number of nitrogens with two attached hydrogens (primary N) is 1. The second kappa shape index (κ2) is 6.87. The summed E-state index contributed by atoms with van der Waals surface area (Å²) in [5.74, 6) is 0. The van der Waals surface area contributed by atoms with Crippen LogP contribution >= 0.6 is 0 Å². The number of aliphatic hydroxyl groups is 1. The molecule has 2 atom stereocenters. The normalized spacial score (nSPS) is 22.1. The Morgan fingerprint density at radius 1 is 1.42 bits per heavy atom. The number of aromatic nitrogens is 1. The highest BCUT2D eigenvalue weighted by atomic mass is 16.3. The molecule has 1 saturated heterocycles. The maximum atomic E-state index is 9.55. The number of nitrogens with zero attached hydrogens (tertiary/aromatic N) is 2. The van der Waals surface area contributed by atoms with Gasteiger partial charge in [0.05, 0.1) is 30.2 Å². The first-order chi connectivity index (χ1) is 9.26. The Kier molecular flexibility index (Phi) is 5.16. The van der Waals surface area contributed by atoms with E-state index in [4.69, 9.17) is 5.73 Å². The van der Waals surface area contributed by atoms with Crippen molar-refractivity contribution in [3.8, 4) is 0 Å². The van der Waals surface area contributed by atoms with Gasteiger partial charge < -0.3 is 15.7 Å². The highest BCUT2D eigenvalue weighted by Crippen LogP contribution is 2.24. The molecular formula is C15H25N3O. The fourth-order valence-electron chi connectivity index (χ4n) is 2.70. The Bertz CT molecular complexity index is 379. The average molecular weight is 263 g/mol. The molecule has 0 amide bonds. The van der Waals surface area contributed by atoms with E-state index in [1.807, 2.05) is 12.3 Å². The van der Waals surface area contributed by atoms with Gasteiger partial charge in [0, 0.05) is 12.6 Å². The Morgan fingerprint density at radius 3 is 2.89 bits per heavy atom. The van der Waals surface area contributed by atoms with Crippen LogP contribution in [0.15, 0.2) is 18.3 Å². The molecule has 19 heavy (non-hydrogen) atoms. The third-order valence-corrected chi connectivity index (χ3v) is 4.01. The lowest BCUT2D eigenvalue weighted by molar-refractivity contribution is 0.255. The van der Waals surface area contributed by atoms with Gasteiger partial charge in [0.15, 0.2) is 0 Å². The van der Waals surface area contributed by atoms with Crippen molar-refractivity contribution in [2.45, 2.75) is 51.1 Å². The van der Waals surface area contributed by atoms with Crippen molar-refractivity contribution in [2.24, 2.45) is 5.73 Å². The Balaban J connectivity index is 2.14. The number of rotatable bonds is 4. The van der Waals surface area contributed by atoms with Gasteiger partial charge in [-0.15, -0.1) is 0 Å². The van der Waals surface area contributed by atoms with Crippen LogP contribution in [0.3, 0.4) is 0 Å². The summed E-state index contributed by atoms with van der Waals surface area (Å²) in [6.45, 7) is 3.29. The SMILES string of the molecule is CCC(N)c1ccc(N2CCCCCC2CO)cn1. The molecule has 3 N–H and O–H groups in total. The second-order valence-corrected chi connectivity index (χ2v) is 5.34. The van der Waals surface area contributed by atoms with Crippen molar-refractivity contribution in [2.75, 3.05) is 18.1 Å². The summed E-state index contributed by atoms with van der Waals surface area (Å²) in [5, 5.41) is 9.55. The average Bonchev–Trinajstić information content (AvgIpc) is 2.71. The van der Waals surface area contributed by atoms with Gasteiger partial charge in [-0.3, -0.25) is 4.98 Å². The van der Waals surface area contributed by atoms with Gasteiger partial charge in [-0.1, -0.05) is 19.8 Å². The van der Waals surface area contributed by atoms with Crippen molar-refractivity contribution < 1.29 is 5.11 Å². The first kappa shape index (κ1) is 14.3. The first-order valence-electron chi connectivity index (χ1n) is 7.35. The second-order valence-electron chi connectivity index (χ2n) is 5.34. The Hall–Kier alpha value is -1.13. The van der Waals surface area contributed by atoms with E-state index < -0.39 is 0 Å². The Labute approximate surface area is 115 Å². The first-order valence-corrected chi connectivity index (χ1v) is 7.35. The summed E-state index contributed by atoms with van der Waals surface area (Å²) in [6, 6.07) is 4.36. The van der Waals surface area contributed by atoms with Gasteiger partial charge in [-0.05, 0) is 31.4 Å². The van der Waals surface area contributed by atoms with E-state index in [0.717, 1.165) is 30.8 Å². The van der Waals surface area contributed by atoms with Crippen LogP contribution < -0.4 is 10.6 Å². The van der Waals surface area contributed by atoms with Gasteiger partial charge in [0.2, 0.25) is 0 Å². The molecule has 0 aliphatic carbocycles. The molecule has 2 unspecified atom stereocenters. The van der Waals surface area contributed by atoms with Crippen LogP contribution in [0.25, 0.3) is 0 Å². The van der Waals surface area contributed by atoms with Crippen LogP contribution in [-0.4, -0.2) is 29.3 Å². The van der Waals surface area contributed by atoms with E-state index in [1.165, 1.54) is 19.3 Å². The molecule has 1 aromatic rings. The predicted octanol–water partition coefficient (Wildman–Crippen LogP) is 2.23. The minimum atomic E-state index is 0.0202. The summed E-state index contributed by atoms with van der Waals surface area (Å²) in [6.07, 6.45) is 7.50. The lowest BCUT2D eigenvalue weighted by atomic mass is 10.1. The van der Waals surface area contributed by atoms with Crippen LogP contribution in [0.4, 0.5) is 5.69 Å². The fourth-order valence-corrected chi connectivity index (χ4v) is 2.70. The third kappa shape index (κ3) is 3.45. The van der Waals surface area contributed by atoms with E-state index in [-0.39, 0.29) is 18.7 Å². The molecule has 0 bridgehead atoms. The molecule has 1 aliphatic rings. The monoisotopic (exact) mass is 263 g/mol. The molecule has 2 heterocycles. The molecule has 1 aliphatic heterocycles. The maximum Gasteiger partial charge on any atom is 0.0635 e. The van der Waals surface area contributed by atoms with E-state index in [9.17, 15) is 5.11 Å². The van der Waals surface area contributed by atoms with E-state index in [2.05, 4.69) is 22.9 Å². The largest absolute Gasteiger partial charge is 0.394 e. The van der Waals surface area contributed by atoms with Crippen molar-refractivity contribution in [1.29, 1.82) is 0 Å². The summed E-state index contributed by atoms with van der Waals surface area (Å²) in [5.41, 5.74) is 8.04. The number of anilines is 1. The molecule has 106 valence electrons. The van der Waals surface area contributed by atoms with E-state index in [0.29, 0.717) is 0 Å². The number of aliphatic hydroxyl groups excluding tert-OH is 1. The standard InChI is InChI=1S/C15H25N3O/c1-2-14(16)15-8-7-12(10-17-15)18-9-5-3-4-6-13(18)11-19/h7-8,10,13-14,19H,2-6,9,11,16H2,1H3. The highest BCUT2D eigenvalue weighted by Gasteiger charge is 2.20. The predicted molar refractivity (Wildman–Crippen MR) is 78.1 cm³/mol. The minimum Gasteiger partial charge on any atom is -0.394 e. The minimum absolute atomic E-state index is 0.0202. The molecule has 4 heteroatoms. The quantitative estimate of drug-likeness (QED) is 0.874.